The van der Waals surface area contributed by atoms with Gasteiger partial charge >= 0.3 is 0 Å². The van der Waals surface area contributed by atoms with Gasteiger partial charge in [-0.3, -0.25) is 9.59 Å². The lowest BCUT2D eigenvalue weighted by Gasteiger charge is -2.46. The van der Waals surface area contributed by atoms with Crippen LogP contribution in [-0.2, 0) is 9.59 Å². The Morgan fingerprint density at radius 1 is 1.16 bits per heavy atom. The van der Waals surface area contributed by atoms with Crippen LogP contribution in [0.1, 0.15) is 42.7 Å². The minimum atomic E-state index is -1.21. The maximum atomic E-state index is 13.4. The summed E-state index contributed by atoms with van der Waals surface area (Å²) in [7, 11) is 0. The maximum absolute atomic E-state index is 13.4. The number of hydrogen-bond acceptors (Lipinski definition) is 3. The summed E-state index contributed by atoms with van der Waals surface area (Å²) in [4.78, 5) is 26.6. The van der Waals surface area contributed by atoms with Gasteiger partial charge in [0.25, 0.3) is 0 Å². The number of carbonyl (C=O) groups is 2. The first-order valence-corrected chi connectivity index (χ1v) is 11.8. The van der Waals surface area contributed by atoms with E-state index < -0.39 is 5.41 Å². The Kier molecular flexibility index (Phi) is 6.73. The molecule has 2 fully saturated rings. The first-order valence-electron chi connectivity index (χ1n) is 10.7. The van der Waals surface area contributed by atoms with Crippen LogP contribution in [0.15, 0.2) is 42.5 Å². The zero-order chi connectivity index (χ0) is 23.0. The molecule has 1 aliphatic heterocycles. The topological polar surface area (TPSA) is 78.4 Å². The summed E-state index contributed by atoms with van der Waals surface area (Å²) in [6, 6.07) is 12.8. The quantitative estimate of drug-likeness (QED) is 0.533. The fourth-order valence-electron chi connectivity index (χ4n) is 5.69. The predicted molar refractivity (Wildman–Crippen MR) is 126 cm³/mol. The molecule has 0 aromatic heterocycles. The number of rotatable bonds is 5. The van der Waals surface area contributed by atoms with Crippen LogP contribution < -0.4 is 10.6 Å². The molecule has 2 aliphatic rings. The molecule has 0 spiro atoms. The molecular formula is C24H25Cl3N2O3. The zero-order valence-corrected chi connectivity index (χ0v) is 19.8. The number of halogens is 3. The van der Waals surface area contributed by atoms with Crippen molar-refractivity contribution in [1.29, 1.82) is 0 Å². The highest BCUT2D eigenvalue weighted by atomic mass is 35.5. The average molecular weight is 496 g/mol. The van der Waals surface area contributed by atoms with Crippen molar-refractivity contribution in [1.82, 2.24) is 10.6 Å². The van der Waals surface area contributed by atoms with Crippen molar-refractivity contribution in [2.24, 2.45) is 11.3 Å². The lowest BCUT2D eigenvalue weighted by molar-refractivity contribution is -0.146. The van der Waals surface area contributed by atoms with Crippen LogP contribution >= 0.6 is 34.8 Å². The van der Waals surface area contributed by atoms with E-state index in [1.807, 2.05) is 43.3 Å². The molecule has 5 atom stereocenters. The highest BCUT2D eigenvalue weighted by molar-refractivity contribution is 6.35. The van der Waals surface area contributed by atoms with Crippen molar-refractivity contribution in [2.75, 3.05) is 13.2 Å². The molecule has 1 saturated heterocycles. The van der Waals surface area contributed by atoms with Crippen LogP contribution in [0.5, 0.6) is 0 Å². The highest BCUT2D eigenvalue weighted by Gasteiger charge is 2.64. The highest BCUT2D eigenvalue weighted by Crippen LogP contribution is 2.59. The Morgan fingerprint density at radius 2 is 1.84 bits per heavy atom. The minimum absolute atomic E-state index is 0.0140. The monoisotopic (exact) mass is 494 g/mol. The summed E-state index contributed by atoms with van der Waals surface area (Å²) in [5, 5.41) is 16.7. The number of carbonyl (C=O) groups excluding carboxylic acids is 2. The van der Waals surface area contributed by atoms with E-state index in [-0.39, 0.29) is 48.8 Å². The van der Waals surface area contributed by atoms with Crippen LogP contribution in [0.3, 0.4) is 0 Å². The molecule has 2 aromatic rings. The van der Waals surface area contributed by atoms with Crippen LogP contribution in [0.2, 0.25) is 15.1 Å². The second-order valence-electron chi connectivity index (χ2n) is 8.63. The van der Waals surface area contributed by atoms with E-state index in [0.29, 0.717) is 27.9 Å². The summed E-state index contributed by atoms with van der Waals surface area (Å²) in [5.74, 6) is -1.07. The molecule has 4 rings (SSSR count). The van der Waals surface area contributed by atoms with E-state index in [1.54, 1.807) is 6.07 Å². The molecule has 1 heterocycles. The van der Waals surface area contributed by atoms with Gasteiger partial charge in [-0.2, -0.15) is 0 Å². The standard InChI is InChI=1S/C24H25Cl3N2O3/c1-13-21-20(14-2-4-15(25)5-3-14)18(17-7-6-16(26)12-19(17)27)8-9-24(21,23(32)29-13)22(31)28-10-11-30/h2-7,12-13,18,20-21,30H,8-11H2,1H3,(H,28,31)(H,29,32)/t13-,18+,20+,21+,24-/m1/s1. The zero-order valence-electron chi connectivity index (χ0n) is 17.6. The van der Waals surface area contributed by atoms with Gasteiger partial charge in [0.2, 0.25) is 11.8 Å². The fourth-order valence-corrected chi connectivity index (χ4v) is 6.36. The molecule has 8 heteroatoms. The fraction of sp³-hybridized carbons (Fsp3) is 0.417. The van der Waals surface area contributed by atoms with E-state index in [0.717, 1.165) is 11.1 Å². The van der Waals surface area contributed by atoms with E-state index in [9.17, 15) is 14.7 Å². The van der Waals surface area contributed by atoms with Gasteiger partial charge in [-0.15, -0.1) is 0 Å². The van der Waals surface area contributed by atoms with Gasteiger partial charge in [0.05, 0.1) is 6.61 Å². The largest absolute Gasteiger partial charge is 0.395 e. The molecule has 0 unspecified atom stereocenters. The molecule has 1 saturated carbocycles. The SMILES string of the molecule is C[C@H]1NC(=O)[C@]2(C(=O)NCCO)CC[C@@H](c3ccc(Cl)cc3Cl)[C@H](c3ccc(Cl)cc3)[C@H]12. The normalized spacial score (nSPS) is 29.3. The molecule has 170 valence electrons. The van der Waals surface area contributed by atoms with E-state index in [1.165, 1.54) is 0 Å². The van der Waals surface area contributed by atoms with E-state index in [2.05, 4.69) is 10.6 Å². The number of nitrogens with one attached hydrogen (secondary N) is 2. The van der Waals surface area contributed by atoms with Crippen molar-refractivity contribution < 1.29 is 14.7 Å². The third kappa shape index (κ3) is 3.90. The Hall–Kier alpha value is -1.79. The number of amides is 2. The smallest absolute Gasteiger partial charge is 0.236 e. The summed E-state index contributed by atoms with van der Waals surface area (Å²) in [6.45, 7) is 1.86. The first kappa shape index (κ1) is 23.4. The Balaban J connectivity index is 1.86. The van der Waals surface area contributed by atoms with Gasteiger partial charge in [0.15, 0.2) is 0 Å². The van der Waals surface area contributed by atoms with Crippen LogP contribution in [0.25, 0.3) is 0 Å². The van der Waals surface area contributed by atoms with Gasteiger partial charge in [-0.05, 0) is 67.0 Å². The predicted octanol–water partition coefficient (Wildman–Crippen LogP) is 4.54. The number of hydrogen-bond donors (Lipinski definition) is 3. The molecule has 0 bridgehead atoms. The van der Waals surface area contributed by atoms with Gasteiger partial charge in [-0.25, -0.2) is 0 Å². The van der Waals surface area contributed by atoms with Gasteiger partial charge < -0.3 is 15.7 Å². The number of benzene rings is 2. The molecule has 5 nitrogen and oxygen atoms in total. The van der Waals surface area contributed by atoms with Crippen molar-refractivity contribution >= 4 is 46.6 Å². The van der Waals surface area contributed by atoms with Crippen LogP contribution in [0, 0.1) is 11.3 Å². The third-order valence-electron chi connectivity index (χ3n) is 6.96. The van der Waals surface area contributed by atoms with Gasteiger partial charge in [-0.1, -0.05) is 53.0 Å². The number of aliphatic hydroxyl groups is 1. The Labute approximate surface area is 202 Å². The van der Waals surface area contributed by atoms with E-state index >= 15 is 0 Å². The van der Waals surface area contributed by atoms with Gasteiger partial charge in [0, 0.05) is 33.6 Å². The van der Waals surface area contributed by atoms with Gasteiger partial charge in [0.1, 0.15) is 5.41 Å². The Morgan fingerprint density at radius 3 is 2.50 bits per heavy atom. The average Bonchev–Trinajstić information content (AvgIpc) is 3.03. The second-order valence-corrected chi connectivity index (χ2v) is 9.91. The summed E-state index contributed by atoms with van der Waals surface area (Å²) in [6.07, 6.45) is 0.983. The minimum Gasteiger partial charge on any atom is -0.395 e. The number of aliphatic hydroxyl groups excluding tert-OH is 1. The molecule has 3 N–H and O–H groups in total. The molecule has 1 aliphatic carbocycles. The Bertz CT molecular complexity index is 1030. The molecule has 0 radical (unpaired) electrons. The molecule has 2 aromatic carbocycles. The summed E-state index contributed by atoms with van der Waals surface area (Å²) < 4.78 is 0. The third-order valence-corrected chi connectivity index (χ3v) is 7.78. The van der Waals surface area contributed by atoms with Crippen LogP contribution in [-0.4, -0.2) is 36.1 Å². The molecule has 2 amide bonds. The van der Waals surface area contributed by atoms with Crippen LogP contribution in [0.4, 0.5) is 0 Å². The summed E-state index contributed by atoms with van der Waals surface area (Å²) in [5.41, 5.74) is 0.735. The van der Waals surface area contributed by atoms with Crippen molar-refractivity contribution in [3.05, 3.63) is 68.7 Å². The van der Waals surface area contributed by atoms with Crippen molar-refractivity contribution in [3.63, 3.8) is 0 Å². The van der Waals surface area contributed by atoms with Crippen molar-refractivity contribution in [3.8, 4) is 0 Å². The lowest BCUT2D eigenvalue weighted by Crippen LogP contribution is -2.54. The second kappa shape index (κ2) is 9.22. The summed E-state index contributed by atoms with van der Waals surface area (Å²) >= 11 is 18.9. The lowest BCUT2D eigenvalue weighted by atomic mass is 9.54. The maximum Gasteiger partial charge on any atom is 0.236 e. The number of fused-ring (bicyclic) bond motifs is 1. The van der Waals surface area contributed by atoms with E-state index in [4.69, 9.17) is 34.8 Å². The molecular weight excluding hydrogens is 471 g/mol. The van der Waals surface area contributed by atoms with Crippen molar-refractivity contribution in [2.45, 2.75) is 37.6 Å². The molecule has 32 heavy (non-hydrogen) atoms. The first-order chi connectivity index (χ1) is 15.3.